The molecule has 0 spiro atoms. The summed E-state index contributed by atoms with van der Waals surface area (Å²) in [6, 6.07) is 9.88. The molecular weight excluding hydrogens is 230 g/mol. The quantitative estimate of drug-likeness (QED) is 0.780. The third kappa shape index (κ3) is 1.98. The summed E-state index contributed by atoms with van der Waals surface area (Å²) in [5.74, 6) is 0.818. The monoisotopic (exact) mass is 243 g/mol. The largest absolute Gasteiger partial charge is 0.353 e. The van der Waals surface area contributed by atoms with Crippen LogP contribution in [0.25, 0.3) is 5.69 Å². The molecule has 1 atom stereocenters. The maximum atomic E-state index is 11.1. The van der Waals surface area contributed by atoms with Crippen molar-refractivity contribution in [3.8, 4) is 5.69 Å². The van der Waals surface area contributed by atoms with Gasteiger partial charge in [-0.2, -0.15) is 0 Å². The molecule has 0 bridgehead atoms. The first kappa shape index (κ1) is 10.9. The Morgan fingerprint density at radius 3 is 2.83 bits per heavy atom. The van der Waals surface area contributed by atoms with Gasteiger partial charge in [-0.1, -0.05) is 18.2 Å². The minimum atomic E-state index is -0.00888. The summed E-state index contributed by atoms with van der Waals surface area (Å²) >= 11 is 0. The van der Waals surface area contributed by atoms with E-state index in [4.69, 9.17) is 0 Å². The fourth-order valence-corrected chi connectivity index (χ4v) is 2.02. The van der Waals surface area contributed by atoms with Gasteiger partial charge in [-0.3, -0.25) is 14.7 Å². The number of rotatable bonds is 2. The molecule has 1 saturated heterocycles. The van der Waals surface area contributed by atoms with Gasteiger partial charge < -0.3 is 5.32 Å². The molecule has 3 rings (SSSR count). The van der Waals surface area contributed by atoms with Crippen LogP contribution < -0.4 is 10.6 Å². The Labute approximate surface area is 104 Å². The third-order valence-corrected chi connectivity index (χ3v) is 2.93. The predicted molar refractivity (Wildman–Crippen MR) is 65.1 cm³/mol. The number of hydrogen-bond donors (Lipinski definition) is 2. The zero-order valence-electron chi connectivity index (χ0n) is 9.71. The lowest BCUT2D eigenvalue weighted by Crippen LogP contribution is -2.47. The Kier molecular flexibility index (Phi) is 2.77. The van der Waals surface area contributed by atoms with E-state index in [1.807, 2.05) is 34.9 Å². The number of hydrogen-bond acceptors (Lipinski definition) is 4. The van der Waals surface area contributed by atoms with Crippen LogP contribution in [-0.4, -0.2) is 33.8 Å². The second-order valence-electron chi connectivity index (χ2n) is 4.13. The molecule has 1 aromatic heterocycles. The van der Waals surface area contributed by atoms with Crippen molar-refractivity contribution in [3.63, 3.8) is 0 Å². The van der Waals surface area contributed by atoms with Crippen LogP contribution in [0.15, 0.2) is 36.7 Å². The average molecular weight is 243 g/mol. The first-order valence-electron chi connectivity index (χ1n) is 5.80. The summed E-state index contributed by atoms with van der Waals surface area (Å²) in [6.45, 7) is 0.844. The Morgan fingerprint density at radius 2 is 2.11 bits per heavy atom. The van der Waals surface area contributed by atoms with E-state index >= 15 is 0 Å². The number of aromatic nitrogens is 3. The van der Waals surface area contributed by atoms with Gasteiger partial charge in [-0.15, -0.1) is 10.2 Å². The van der Waals surface area contributed by atoms with E-state index in [-0.39, 0.29) is 11.9 Å². The van der Waals surface area contributed by atoms with Crippen LogP contribution in [0.1, 0.15) is 11.9 Å². The third-order valence-electron chi connectivity index (χ3n) is 2.93. The van der Waals surface area contributed by atoms with E-state index in [0.717, 1.165) is 11.5 Å². The second kappa shape index (κ2) is 4.58. The smallest absolute Gasteiger partial charge is 0.234 e. The summed E-state index contributed by atoms with van der Waals surface area (Å²) in [5, 5.41) is 14.1. The van der Waals surface area contributed by atoms with Crippen LogP contribution in [0.4, 0.5) is 0 Å². The van der Waals surface area contributed by atoms with Crippen LogP contribution in [0.3, 0.4) is 0 Å². The molecule has 0 saturated carbocycles. The number of piperazine rings is 1. The number of para-hydroxylation sites is 1. The highest BCUT2D eigenvalue weighted by atomic mass is 16.2. The van der Waals surface area contributed by atoms with Gasteiger partial charge >= 0.3 is 0 Å². The van der Waals surface area contributed by atoms with Gasteiger partial charge in [0.15, 0.2) is 5.82 Å². The number of carbonyl (C=O) groups is 1. The molecule has 0 aliphatic carbocycles. The normalized spacial score (nSPS) is 19.6. The van der Waals surface area contributed by atoms with Gasteiger partial charge in [-0.25, -0.2) is 0 Å². The molecule has 2 N–H and O–H groups in total. The van der Waals surface area contributed by atoms with Crippen molar-refractivity contribution < 1.29 is 4.79 Å². The van der Waals surface area contributed by atoms with Gasteiger partial charge in [0, 0.05) is 12.2 Å². The Balaban J connectivity index is 1.90. The van der Waals surface area contributed by atoms with E-state index in [1.54, 1.807) is 6.33 Å². The fraction of sp³-hybridized carbons (Fsp3) is 0.250. The molecule has 18 heavy (non-hydrogen) atoms. The molecule has 1 amide bonds. The highest BCUT2D eigenvalue weighted by Crippen LogP contribution is 2.16. The molecule has 0 radical (unpaired) electrons. The number of nitrogens with one attached hydrogen (secondary N) is 2. The van der Waals surface area contributed by atoms with E-state index in [2.05, 4.69) is 20.8 Å². The second-order valence-corrected chi connectivity index (χ2v) is 4.13. The van der Waals surface area contributed by atoms with Gasteiger partial charge in [0.2, 0.25) is 5.91 Å². The van der Waals surface area contributed by atoms with Crippen molar-refractivity contribution in [1.82, 2.24) is 25.4 Å². The van der Waals surface area contributed by atoms with Crippen LogP contribution in [0.5, 0.6) is 0 Å². The Morgan fingerprint density at radius 1 is 1.28 bits per heavy atom. The van der Waals surface area contributed by atoms with Crippen molar-refractivity contribution in [2.75, 3.05) is 13.1 Å². The van der Waals surface area contributed by atoms with Crippen LogP contribution in [0.2, 0.25) is 0 Å². The predicted octanol–water partition coefficient (Wildman–Crippen LogP) is 0.0278. The molecule has 2 heterocycles. The molecule has 6 heteroatoms. The first-order chi connectivity index (χ1) is 8.84. The SMILES string of the molecule is O=C1CNC(c2nncn2-c2ccccc2)CN1. The highest BCUT2D eigenvalue weighted by Gasteiger charge is 2.23. The maximum Gasteiger partial charge on any atom is 0.234 e. The number of benzene rings is 1. The molecule has 92 valence electrons. The van der Waals surface area contributed by atoms with Crippen molar-refractivity contribution in [2.24, 2.45) is 0 Å². The van der Waals surface area contributed by atoms with E-state index in [9.17, 15) is 4.79 Å². The number of amides is 1. The van der Waals surface area contributed by atoms with Gasteiger partial charge in [0.05, 0.1) is 12.6 Å². The molecule has 1 unspecified atom stereocenters. The lowest BCUT2D eigenvalue weighted by molar-refractivity contribution is -0.121. The first-order valence-corrected chi connectivity index (χ1v) is 5.80. The molecule has 1 aromatic carbocycles. The summed E-state index contributed by atoms with van der Waals surface area (Å²) < 4.78 is 1.93. The van der Waals surface area contributed by atoms with E-state index in [0.29, 0.717) is 13.1 Å². The zero-order valence-corrected chi connectivity index (χ0v) is 9.71. The molecule has 2 aromatic rings. The fourth-order valence-electron chi connectivity index (χ4n) is 2.02. The van der Waals surface area contributed by atoms with Crippen LogP contribution in [0, 0.1) is 0 Å². The number of carbonyl (C=O) groups excluding carboxylic acids is 1. The summed E-state index contributed by atoms with van der Waals surface area (Å²) in [7, 11) is 0. The minimum Gasteiger partial charge on any atom is -0.353 e. The molecule has 1 aliphatic heterocycles. The van der Waals surface area contributed by atoms with E-state index in [1.165, 1.54) is 0 Å². The lowest BCUT2D eigenvalue weighted by atomic mass is 10.2. The molecular formula is C12H13N5O. The molecule has 1 aliphatic rings. The topological polar surface area (TPSA) is 71.8 Å². The van der Waals surface area contributed by atoms with Crippen LogP contribution >= 0.6 is 0 Å². The van der Waals surface area contributed by atoms with Crippen LogP contribution in [-0.2, 0) is 4.79 Å². The lowest BCUT2D eigenvalue weighted by Gasteiger charge is -2.23. The summed E-state index contributed by atoms with van der Waals surface area (Å²) in [5.41, 5.74) is 1.01. The van der Waals surface area contributed by atoms with Gasteiger partial charge in [0.25, 0.3) is 0 Å². The molecule has 1 fully saturated rings. The van der Waals surface area contributed by atoms with Crippen molar-refractivity contribution in [1.29, 1.82) is 0 Å². The zero-order chi connectivity index (χ0) is 12.4. The maximum absolute atomic E-state index is 11.1. The van der Waals surface area contributed by atoms with E-state index < -0.39 is 0 Å². The van der Waals surface area contributed by atoms with Crippen molar-refractivity contribution in [2.45, 2.75) is 6.04 Å². The average Bonchev–Trinajstić information content (AvgIpc) is 2.90. The summed E-state index contributed by atoms with van der Waals surface area (Å²) in [6.07, 6.45) is 1.68. The highest BCUT2D eigenvalue weighted by molar-refractivity contribution is 5.78. The summed E-state index contributed by atoms with van der Waals surface area (Å²) in [4.78, 5) is 11.1. The van der Waals surface area contributed by atoms with Gasteiger partial charge in [-0.05, 0) is 12.1 Å². The van der Waals surface area contributed by atoms with Crippen molar-refractivity contribution >= 4 is 5.91 Å². The van der Waals surface area contributed by atoms with Crippen molar-refractivity contribution in [3.05, 3.63) is 42.5 Å². The Hall–Kier alpha value is -2.21. The number of nitrogens with zero attached hydrogens (tertiary/aromatic N) is 3. The standard InChI is InChI=1S/C12H13N5O/c18-11-7-13-10(6-14-11)12-16-15-8-17(12)9-4-2-1-3-5-9/h1-5,8,10,13H,6-7H2,(H,14,18). The van der Waals surface area contributed by atoms with Gasteiger partial charge in [0.1, 0.15) is 6.33 Å². The Bertz CT molecular complexity index is 541. The minimum absolute atomic E-state index is 0.00888. The molecule has 6 nitrogen and oxygen atoms in total.